The molecule has 0 amide bonds. The second-order valence-electron chi connectivity index (χ2n) is 3.29. The third-order valence-corrected chi connectivity index (χ3v) is 3.69. The van der Waals surface area contributed by atoms with E-state index >= 15 is 0 Å². The van der Waals surface area contributed by atoms with Crippen molar-refractivity contribution in [3.63, 3.8) is 0 Å². The number of nitrogens with zero attached hydrogens (tertiary/aromatic N) is 2. The van der Waals surface area contributed by atoms with Crippen LogP contribution in [0.3, 0.4) is 0 Å². The lowest BCUT2D eigenvalue weighted by Crippen LogP contribution is -1.85. The van der Waals surface area contributed by atoms with Gasteiger partial charge in [-0.2, -0.15) is 4.37 Å². The minimum atomic E-state index is 0.652. The summed E-state index contributed by atoms with van der Waals surface area (Å²) in [5.41, 5.74) is 2.38. The van der Waals surface area contributed by atoms with Gasteiger partial charge in [-0.1, -0.05) is 0 Å². The molecule has 3 nitrogen and oxygen atoms in total. The Kier molecular flexibility index (Phi) is 2.21. The van der Waals surface area contributed by atoms with Crippen molar-refractivity contribution in [2.45, 2.75) is 6.42 Å². The molecular formula is C10H7BrN2OS. The van der Waals surface area contributed by atoms with E-state index in [-0.39, 0.29) is 0 Å². The summed E-state index contributed by atoms with van der Waals surface area (Å²) >= 11 is 4.65. The summed E-state index contributed by atoms with van der Waals surface area (Å²) in [7, 11) is 0. The topological polar surface area (TPSA) is 35.0 Å². The molecule has 0 saturated carbocycles. The van der Waals surface area contributed by atoms with Gasteiger partial charge in [0.2, 0.25) is 4.73 Å². The van der Waals surface area contributed by atoms with Crippen molar-refractivity contribution in [2.24, 2.45) is 0 Å². The van der Waals surface area contributed by atoms with Crippen molar-refractivity contribution in [1.82, 2.24) is 9.36 Å². The summed E-state index contributed by atoms with van der Waals surface area (Å²) in [4.78, 5) is 4.29. The molecule has 15 heavy (non-hydrogen) atoms. The van der Waals surface area contributed by atoms with Crippen LogP contribution in [0.1, 0.15) is 5.56 Å². The number of halogens is 1. The van der Waals surface area contributed by atoms with Gasteiger partial charge in [0.1, 0.15) is 10.8 Å². The van der Waals surface area contributed by atoms with Gasteiger partial charge in [-0.3, -0.25) is 0 Å². The molecule has 0 saturated heterocycles. The van der Waals surface area contributed by atoms with E-state index in [2.05, 4.69) is 31.4 Å². The first kappa shape index (κ1) is 9.30. The standard InChI is InChI=1S/C10H7BrN2OS/c11-10-12-9(15-13-10)7-1-2-8-6(5-7)3-4-14-8/h1-2,5H,3-4H2. The van der Waals surface area contributed by atoms with Crippen LogP contribution >= 0.6 is 27.5 Å². The Morgan fingerprint density at radius 3 is 3.13 bits per heavy atom. The summed E-state index contributed by atoms with van der Waals surface area (Å²) in [6.45, 7) is 0.790. The highest BCUT2D eigenvalue weighted by Gasteiger charge is 2.14. The maximum Gasteiger partial charge on any atom is 0.209 e. The fraction of sp³-hybridized carbons (Fsp3) is 0.200. The van der Waals surface area contributed by atoms with E-state index in [4.69, 9.17) is 4.74 Å². The smallest absolute Gasteiger partial charge is 0.209 e. The van der Waals surface area contributed by atoms with Crippen molar-refractivity contribution in [2.75, 3.05) is 6.61 Å². The largest absolute Gasteiger partial charge is 0.493 e. The Labute approximate surface area is 99.4 Å². The predicted octanol–water partition coefficient (Wildman–Crippen LogP) is 2.90. The maximum absolute atomic E-state index is 5.45. The molecule has 0 radical (unpaired) electrons. The fourth-order valence-electron chi connectivity index (χ4n) is 1.64. The third kappa shape index (κ3) is 1.66. The summed E-state index contributed by atoms with van der Waals surface area (Å²) < 4.78 is 10.2. The van der Waals surface area contributed by atoms with Crippen LogP contribution in [0.5, 0.6) is 5.75 Å². The number of rotatable bonds is 1. The minimum absolute atomic E-state index is 0.652. The van der Waals surface area contributed by atoms with Gasteiger partial charge in [-0.05, 0) is 51.2 Å². The molecule has 1 aromatic carbocycles. The number of hydrogen-bond acceptors (Lipinski definition) is 4. The number of fused-ring (bicyclic) bond motifs is 1. The van der Waals surface area contributed by atoms with Gasteiger partial charge < -0.3 is 4.74 Å². The molecule has 0 N–H and O–H groups in total. The van der Waals surface area contributed by atoms with Gasteiger partial charge in [-0.25, -0.2) is 4.98 Å². The molecule has 0 bridgehead atoms. The summed E-state index contributed by atoms with van der Waals surface area (Å²) in [6.07, 6.45) is 0.989. The van der Waals surface area contributed by atoms with E-state index in [1.54, 1.807) is 0 Å². The average Bonchev–Trinajstić information content (AvgIpc) is 2.84. The van der Waals surface area contributed by atoms with E-state index in [1.807, 2.05) is 12.1 Å². The SMILES string of the molecule is Brc1nsc(-c2ccc3c(c2)CCO3)n1. The van der Waals surface area contributed by atoms with Crippen LogP contribution in [0.15, 0.2) is 22.9 Å². The van der Waals surface area contributed by atoms with Gasteiger partial charge in [0.25, 0.3) is 0 Å². The maximum atomic E-state index is 5.45. The first-order valence-corrected chi connectivity index (χ1v) is 6.15. The number of ether oxygens (including phenoxy) is 1. The molecule has 1 aliphatic heterocycles. The van der Waals surface area contributed by atoms with Crippen LogP contribution < -0.4 is 4.74 Å². The van der Waals surface area contributed by atoms with Crippen LogP contribution in [0.25, 0.3) is 10.6 Å². The second-order valence-corrected chi connectivity index (χ2v) is 4.75. The number of benzene rings is 1. The van der Waals surface area contributed by atoms with Crippen LogP contribution in [-0.4, -0.2) is 16.0 Å². The first-order chi connectivity index (χ1) is 7.33. The van der Waals surface area contributed by atoms with Gasteiger partial charge in [0, 0.05) is 12.0 Å². The van der Waals surface area contributed by atoms with Crippen LogP contribution in [0.4, 0.5) is 0 Å². The van der Waals surface area contributed by atoms with E-state index in [0.717, 1.165) is 29.3 Å². The lowest BCUT2D eigenvalue weighted by atomic mass is 10.1. The van der Waals surface area contributed by atoms with Crippen molar-refractivity contribution in [3.05, 3.63) is 28.5 Å². The zero-order valence-corrected chi connectivity index (χ0v) is 10.1. The van der Waals surface area contributed by atoms with Crippen molar-refractivity contribution < 1.29 is 4.74 Å². The number of aromatic nitrogens is 2. The Morgan fingerprint density at radius 2 is 2.33 bits per heavy atom. The lowest BCUT2D eigenvalue weighted by Gasteiger charge is -2.00. The molecule has 0 unspecified atom stereocenters. The molecule has 76 valence electrons. The van der Waals surface area contributed by atoms with Gasteiger partial charge >= 0.3 is 0 Å². The van der Waals surface area contributed by atoms with Gasteiger partial charge in [0.15, 0.2) is 0 Å². The van der Waals surface area contributed by atoms with E-state index in [1.165, 1.54) is 17.1 Å². The molecule has 0 spiro atoms. The Bertz CT molecular complexity index is 512. The summed E-state index contributed by atoms with van der Waals surface area (Å²) in [5, 5.41) is 0.941. The normalized spacial score (nSPS) is 13.7. The lowest BCUT2D eigenvalue weighted by molar-refractivity contribution is 0.357. The Hall–Kier alpha value is -0.940. The first-order valence-electron chi connectivity index (χ1n) is 4.58. The van der Waals surface area contributed by atoms with E-state index in [0.29, 0.717) is 4.73 Å². The van der Waals surface area contributed by atoms with E-state index in [9.17, 15) is 0 Å². The molecule has 0 aliphatic carbocycles. The molecule has 0 atom stereocenters. The molecule has 2 aromatic rings. The highest BCUT2D eigenvalue weighted by Crippen LogP contribution is 2.31. The summed E-state index contributed by atoms with van der Waals surface area (Å²) in [6, 6.07) is 6.17. The molecule has 3 rings (SSSR count). The van der Waals surface area contributed by atoms with Gasteiger partial charge in [-0.15, -0.1) is 0 Å². The highest BCUT2D eigenvalue weighted by molar-refractivity contribution is 9.10. The third-order valence-electron chi connectivity index (χ3n) is 2.34. The molecule has 2 heterocycles. The molecule has 0 fully saturated rings. The Balaban J connectivity index is 2.06. The van der Waals surface area contributed by atoms with Crippen LogP contribution in [-0.2, 0) is 6.42 Å². The molecule has 1 aromatic heterocycles. The summed E-state index contributed by atoms with van der Waals surface area (Å²) in [5.74, 6) is 1.00. The molecular weight excluding hydrogens is 276 g/mol. The minimum Gasteiger partial charge on any atom is -0.493 e. The Morgan fingerprint density at radius 1 is 1.40 bits per heavy atom. The van der Waals surface area contributed by atoms with Crippen molar-refractivity contribution in [1.29, 1.82) is 0 Å². The van der Waals surface area contributed by atoms with E-state index < -0.39 is 0 Å². The number of hydrogen-bond donors (Lipinski definition) is 0. The average molecular weight is 283 g/mol. The van der Waals surface area contributed by atoms with Crippen molar-refractivity contribution in [3.8, 4) is 16.3 Å². The predicted molar refractivity (Wildman–Crippen MR) is 62.2 cm³/mol. The zero-order chi connectivity index (χ0) is 10.3. The molecule has 1 aliphatic rings. The fourth-order valence-corrected chi connectivity index (χ4v) is 2.72. The highest BCUT2D eigenvalue weighted by atomic mass is 79.9. The molecule has 5 heteroatoms. The second kappa shape index (κ2) is 3.57. The van der Waals surface area contributed by atoms with Crippen molar-refractivity contribution >= 4 is 27.5 Å². The monoisotopic (exact) mass is 282 g/mol. The van der Waals surface area contributed by atoms with Gasteiger partial charge in [0.05, 0.1) is 6.61 Å². The van der Waals surface area contributed by atoms with Crippen LogP contribution in [0, 0.1) is 0 Å². The quantitative estimate of drug-likeness (QED) is 0.807. The van der Waals surface area contributed by atoms with Crippen LogP contribution in [0.2, 0.25) is 0 Å². The zero-order valence-electron chi connectivity index (χ0n) is 7.74.